The Hall–Kier alpha value is -0.520. The van der Waals surface area contributed by atoms with Gasteiger partial charge in [-0.2, -0.15) is 0 Å². The van der Waals surface area contributed by atoms with Crippen LogP contribution >= 0.6 is 0 Å². The quantitative estimate of drug-likeness (QED) is 0.573. The molecule has 0 amide bonds. The van der Waals surface area contributed by atoms with Crippen LogP contribution in [0.2, 0.25) is 0 Å². The second-order valence-electron chi connectivity index (χ2n) is 3.24. The number of allylic oxidation sites excluding steroid dienone is 4. The molecule has 1 aliphatic rings. The summed E-state index contributed by atoms with van der Waals surface area (Å²) in [5, 5.41) is 0. The van der Waals surface area contributed by atoms with E-state index in [0.717, 1.165) is 12.3 Å². The Balaban J connectivity index is 2.47. The van der Waals surface area contributed by atoms with E-state index in [9.17, 15) is 0 Å². The van der Waals surface area contributed by atoms with Crippen molar-refractivity contribution in [3.63, 3.8) is 0 Å². The Morgan fingerprint density at radius 2 is 2.27 bits per heavy atom. The minimum Gasteiger partial charge on any atom is -0.0805 e. The largest absolute Gasteiger partial charge is 0.0805 e. The van der Waals surface area contributed by atoms with Gasteiger partial charge in [0.15, 0.2) is 0 Å². The van der Waals surface area contributed by atoms with E-state index < -0.39 is 0 Å². The Morgan fingerprint density at radius 1 is 1.45 bits per heavy atom. The highest BCUT2D eigenvalue weighted by Gasteiger charge is 2.09. The van der Waals surface area contributed by atoms with Gasteiger partial charge in [0.1, 0.15) is 0 Å². The lowest BCUT2D eigenvalue weighted by Gasteiger charge is -2.13. The van der Waals surface area contributed by atoms with Crippen molar-refractivity contribution in [3.05, 3.63) is 23.8 Å². The standard InChI is InChI=1S/C11H18/c1-3-7-10(4-2)11-8-5-6-9-11/h5,8-10H,3-4,6-7H2,1-2H3. The molecule has 0 radical (unpaired) electrons. The van der Waals surface area contributed by atoms with E-state index in [-0.39, 0.29) is 0 Å². The predicted octanol–water partition coefficient (Wildman–Crippen LogP) is 3.70. The summed E-state index contributed by atoms with van der Waals surface area (Å²) in [4.78, 5) is 0. The van der Waals surface area contributed by atoms with Crippen molar-refractivity contribution in [1.82, 2.24) is 0 Å². The van der Waals surface area contributed by atoms with Gasteiger partial charge in [-0.15, -0.1) is 0 Å². The summed E-state index contributed by atoms with van der Waals surface area (Å²) < 4.78 is 0. The van der Waals surface area contributed by atoms with Crippen molar-refractivity contribution in [2.45, 2.75) is 39.5 Å². The molecule has 11 heavy (non-hydrogen) atoms. The second kappa shape index (κ2) is 4.38. The van der Waals surface area contributed by atoms with Gasteiger partial charge in [0.05, 0.1) is 0 Å². The fraction of sp³-hybridized carbons (Fsp3) is 0.636. The summed E-state index contributed by atoms with van der Waals surface area (Å²) in [5.74, 6) is 0.832. The maximum Gasteiger partial charge on any atom is -0.0160 e. The highest BCUT2D eigenvalue weighted by Crippen LogP contribution is 2.25. The van der Waals surface area contributed by atoms with Crippen LogP contribution < -0.4 is 0 Å². The zero-order chi connectivity index (χ0) is 8.10. The van der Waals surface area contributed by atoms with Crippen LogP contribution in [0.1, 0.15) is 39.5 Å². The molecule has 0 aliphatic heterocycles. The first-order valence-corrected chi connectivity index (χ1v) is 4.75. The molecular weight excluding hydrogens is 132 g/mol. The third-order valence-corrected chi connectivity index (χ3v) is 2.40. The smallest absolute Gasteiger partial charge is 0.0160 e. The summed E-state index contributed by atoms with van der Waals surface area (Å²) >= 11 is 0. The van der Waals surface area contributed by atoms with E-state index in [4.69, 9.17) is 0 Å². The van der Waals surface area contributed by atoms with E-state index in [0.29, 0.717) is 0 Å². The minimum atomic E-state index is 0.832. The molecule has 1 atom stereocenters. The molecule has 0 bridgehead atoms. The average molecular weight is 150 g/mol. The molecule has 1 aliphatic carbocycles. The lowest BCUT2D eigenvalue weighted by molar-refractivity contribution is 0.544. The van der Waals surface area contributed by atoms with Gasteiger partial charge in [0, 0.05) is 0 Å². The summed E-state index contributed by atoms with van der Waals surface area (Å²) in [5.41, 5.74) is 1.58. The van der Waals surface area contributed by atoms with Gasteiger partial charge < -0.3 is 0 Å². The van der Waals surface area contributed by atoms with Crippen LogP contribution in [0.3, 0.4) is 0 Å². The molecule has 62 valence electrons. The number of rotatable bonds is 4. The maximum absolute atomic E-state index is 2.36. The Morgan fingerprint density at radius 3 is 2.73 bits per heavy atom. The highest BCUT2D eigenvalue weighted by atomic mass is 14.1. The molecule has 0 saturated heterocycles. The van der Waals surface area contributed by atoms with Gasteiger partial charge >= 0.3 is 0 Å². The molecule has 0 heterocycles. The Labute approximate surface area is 70.0 Å². The molecule has 0 spiro atoms. The minimum absolute atomic E-state index is 0.832. The van der Waals surface area contributed by atoms with Gasteiger partial charge in [-0.05, 0) is 30.8 Å². The van der Waals surface area contributed by atoms with Crippen LogP contribution in [0.4, 0.5) is 0 Å². The molecule has 0 saturated carbocycles. The van der Waals surface area contributed by atoms with E-state index in [1.165, 1.54) is 19.3 Å². The van der Waals surface area contributed by atoms with Crippen LogP contribution in [0.5, 0.6) is 0 Å². The molecular formula is C11H18. The first kappa shape index (κ1) is 8.58. The van der Waals surface area contributed by atoms with Crippen molar-refractivity contribution >= 4 is 0 Å². The lowest BCUT2D eigenvalue weighted by Crippen LogP contribution is -1.99. The van der Waals surface area contributed by atoms with E-state index in [2.05, 4.69) is 32.1 Å². The Kier molecular flexibility index (Phi) is 3.41. The molecule has 0 N–H and O–H groups in total. The van der Waals surface area contributed by atoms with E-state index in [1.807, 2.05) is 0 Å². The summed E-state index contributed by atoms with van der Waals surface area (Å²) in [7, 11) is 0. The first-order chi connectivity index (χ1) is 5.38. The lowest BCUT2D eigenvalue weighted by atomic mass is 9.93. The topological polar surface area (TPSA) is 0 Å². The van der Waals surface area contributed by atoms with Crippen molar-refractivity contribution in [3.8, 4) is 0 Å². The van der Waals surface area contributed by atoms with Crippen molar-refractivity contribution in [2.75, 3.05) is 0 Å². The van der Waals surface area contributed by atoms with Crippen LogP contribution in [-0.2, 0) is 0 Å². The molecule has 1 rings (SSSR count). The fourth-order valence-electron chi connectivity index (χ4n) is 1.73. The molecule has 1 unspecified atom stereocenters. The van der Waals surface area contributed by atoms with Gasteiger partial charge in [0.2, 0.25) is 0 Å². The van der Waals surface area contributed by atoms with Crippen LogP contribution in [-0.4, -0.2) is 0 Å². The number of hydrogen-bond acceptors (Lipinski definition) is 0. The van der Waals surface area contributed by atoms with Crippen LogP contribution in [0.25, 0.3) is 0 Å². The van der Waals surface area contributed by atoms with Gasteiger partial charge in [-0.25, -0.2) is 0 Å². The molecule has 0 heteroatoms. The SMILES string of the molecule is CCCC(CC)C1=CCC=C1. The molecule has 0 aromatic rings. The van der Waals surface area contributed by atoms with Crippen molar-refractivity contribution < 1.29 is 0 Å². The molecule has 0 fully saturated rings. The van der Waals surface area contributed by atoms with E-state index >= 15 is 0 Å². The average Bonchev–Trinajstić information content (AvgIpc) is 2.52. The first-order valence-electron chi connectivity index (χ1n) is 4.75. The maximum atomic E-state index is 2.36. The predicted molar refractivity (Wildman–Crippen MR) is 50.5 cm³/mol. The van der Waals surface area contributed by atoms with E-state index in [1.54, 1.807) is 5.57 Å². The second-order valence-corrected chi connectivity index (χ2v) is 3.24. The normalized spacial score (nSPS) is 18.5. The monoisotopic (exact) mass is 150 g/mol. The van der Waals surface area contributed by atoms with Crippen molar-refractivity contribution in [1.29, 1.82) is 0 Å². The van der Waals surface area contributed by atoms with Gasteiger partial charge in [-0.3, -0.25) is 0 Å². The van der Waals surface area contributed by atoms with Crippen LogP contribution in [0.15, 0.2) is 23.8 Å². The molecule has 0 aromatic heterocycles. The summed E-state index contributed by atoms with van der Waals surface area (Å²) in [6.07, 6.45) is 12.0. The third-order valence-electron chi connectivity index (χ3n) is 2.40. The van der Waals surface area contributed by atoms with Crippen LogP contribution in [0, 0.1) is 5.92 Å². The number of hydrogen-bond donors (Lipinski definition) is 0. The van der Waals surface area contributed by atoms with Crippen molar-refractivity contribution in [2.24, 2.45) is 5.92 Å². The highest BCUT2D eigenvalue weighted by molar-refractivity contribution is 5.28. The Bertz CT molecular complexity index is 163. The molecule has 0 aromatic carbocycles. The zero-order valence-electron chi connectivity index (χ0n) is 7.64. The van der Waals surface area contributed by atoms with Gasteiger partial charge in [-0.1, -0.05) is 38.5 Å². The fourth-order valence-corrected chi connectivity index (χ4v) is 1.73. The van der Waals surface area contributed by atoms with Gasteiger partial charge in [0.25, 0.3) is 0 Å². The summed E-state index contributed by atoms with van der Waals surface area (Å²) in [6.45, 7) is 4.55. The zero-order valence-corrected chi connectivity index (χ0v) is 7.64. The summed E-state index contributed by atoms with van der Waals surface area (Å²) in [6, 6.07) is 0. The molecule has 0 nitrogen and oxygen atoms in total. The third kappa shape index (κ3) is 2.21.